The summed E-state index contributed by atoms with van der Waals surface area (Å²) in [5.74, 6) is 1.11. The number of aryl methyl sites for hydroxylation is 1. The highest BCUT2D eigenvalue weighted by atomic mass is 79.9. The van der Waals surface area contributed by atoms with Crippen LogP contribution >= 0.6 is 15.9 Å². The second-order valence-electron chi connectivity index (χ2n) is 4.49. The first kappa shape index (κ1) is 12.2. The summed E-state index contributed by atoms with van der Waals surface area (Å²) >= 11 is 3.49. The van der Waals surface area contributed by atoms with Crippen molar-refractivity contribution in [3.8, 4) is 5.69 Å². The number of anilines is 1. The molecule has 0 atom stereocenters. The van der Waals surface area contributed by atoms with Crippen molar-refractivity contribution < 1.29 is 0 Å². The van der Waals surface area contributed by atoms with Crippen LogP contribution in [-0.4, -0.2) is 9.78 Å². The molecule has 1 aromatic heterocycles. The fourth-order valence-electron chi connectivity index (χ4n) is 1.78. The van der Waals surface area contributed by atoms with E-state index in [1.807, 2.05) is 18.3 Å². The molecule has 0 fully saturated rings. The van der Waals surface area contributed by atoms with Crippen molar-refractivity contribution >= 4 is 21.7 Å². The van der Waals surface area contributed by atoms with Crippen LogP contribution in [0.25, 0.3) is 5.69 Å². The first-order valence-electron chi connectivity index (χ1n) is 5.60. The Bertz CT molecular complexity index is 544. The molecule has 0 aliphatic carbocycles. The molecule has 2 aromatic rings. The molecular weight excluding hydrogens is 278 g/mol. The predicted molar refractivity (Wildman–Crippen MR) is 74.5 cm³/mol. The van der Waals surface area contributed by atoms with E-state index in [2.05, 4.69) is 47.9 Å². The number of rotatable bonds is 2. The third-order valence-electron chi connectivity index (χ3n) is 2.84. The van der Waals surface area contributed by atoms with E-state index in [1.165, 1.54) is 5.56 Å². The van der Waals surface area contributed by atoms with Gasteiger partial charge in [-0.3, -0.25) is 0 Å². The largest absolute Gasteiger partial charge is 0.383 e. The number of nitrogens with zero attached hydrogens (tertiary/aromatic N) is 2. The highest BCUT2D eigenvalue weighted by molar-refractivity contribution is 9.10. The van der Waals surface area contributed by atoms with E-state index in [-0.39, 0.29) is 0 Å². The third-order valence-corrected chi connectivity index (χ3v) is 3.73. The van der Waals surface area contributed by atoms with E-state index in [0.29, 0.717) is 5.92 Å². The lowest BCUT2D eigenvalue weighted by atomic mass is 10.1. The summed E-state index contributed by atoms with van der Waals surface area (Å²) in [6, 6.07) is 6.09. The van der Waals surface area contributed by atoms with Crippen molar-refractivity contribution in [3.63, 3.8) is 0 Å². The molecule has 1 heterocycles. The Morgan fingerprint density at radius 2 is 2.06 bits per heavy atom. The number of nitrogens with two attached hydrogens (primary N) is 1. The molecule has 0 saturated carbocycles. The summed E-state index contributed by atoms with van der Waals surface area (Å²) in [6.07, 6.45) is 1.84. The molecule has 2 rings (SSSR count). The van der Waals surface area contributed by atoms with Gasteiger partial charge < -0.3 is 5.73 Å². The molecule has 0 saturated heterocycles. The maximum atomic E-state index is 6.11. The Hall–Kier alpha value is -1.29. The zero-order valence-electron chi connectivity index (χ0n) is 10.2. The van der Waals surface area contributed by atoms with Gasteiger partial charge in [0.25, 0.3) is 0 Å². The molecule has 0 spiro atoms. The van der Waals surface area contributed by atoms with Crippen LogP contribution in [0.3, 0.4) is 0 Å². The first-order chi connectivity index (χ1) is 8.00. The van der Waals surface area contributed by atoms with E-state index in [4.69, 9.17) is 5.73 Å². The molecule has 3 nitrogen and oxygen atoms in total. The highest BCUT2D eigenvalue weighted by Gasteiger charge is 2.12. The van der Waals surface area contributed by atoms with Crippen molar-refractivity contribution in [1.29, 1.82) is 0 Å². The van der Waals surface area contributed by atoms with Gasteiger partial charge >= 0.3 is 0 Å². The lowest BCUT2D eigenvalue weighted by Crippen LogP contribution is -2.04. The molecule has 0 bridgehead atoms. The summed E-state index contributed by atoms with van der Waals surface area (Å²) in [6.45, 7) is 6.28. The van der Waals surface area contributed by atoms with Gasteiger partial charge in [-0.1, -0.05) is 29.8 Å². The molecule has 0 amide bonds. The topological polar surface area (TPSA) is 43.8 Å². The Morgan fingerprint density at radius 1 is 1.35 bits per heavy atom. The normalized spacial score (nSPS) is 11.1. The minimum atomic E-state index is 0.389. The van der Waals surface area contributed by atoms with Crippen LogP contribution in [0.4, 0.5) is 5.82 Å². The number of aromatic nitrogens is 2. The maximum Gasteiger partial charge on any atom is 0.130 e. The average Bonchev–Trinajstić information content (AvgIpc) is 2.64. The van der Waals surface area contributed by atoms with Crippen LogP contribution in [0.15, 0.2) is 28.9 Å². The van der Waals surface area contributed by atoms with E-state index in [9.17, 15) is 0 Å². The van der Waals surface area contributed by atoms with Crippen molar-refractivity contribution in [2.24, 2.45) is 0 Å². The lowest BCUT2D eigenvalue weighted by Gasteiger charge is -2.08. The lowest BCUT2D eigenvalue weighted by molar-refractivity contribution is 0.867. The van der Waals surface area contributed by atoms with Gasteiger partial charge in [0.05, 0.1) is 11.9 Å². The highest BCUT2D eigenvalue weighted by Crippen LogP contribution is 2.25. The van der Waals surface area contributed by atoms with Gasteiger partial charge in [0.1, 0.15) is 5.82 Å². The van der Waals surface area contributed by atoms with Gasteiger partial charge in [-0.05, 0) is 36.6 Å². The molecule has 0 aliphatic heterocycles. The van der Waals surface area contributed by atoms with Crippen molar-refractivity contribution in [3.05, 3.63) is 40.0 Å². The second-order valence-corrected chi connectivity index (χ2v) is 5.34. The van der Waals surface area contributed by atoms with Crippen LogP contribution in [0, 0.1) is 6.92 Å². The van der Waals surface area contributed by atoms with Gasteiger partial charge in [0.15, 0.2) is 0 Å². The van der Waals surface area contributed by atoms with Gasteiger partial charge in [-0.15, -0.1) is 0 Å². The number of hydrogen-bond donors (Lipinski definition) is 1. The SMILES string of the molecule is Cc1cc(-n2ncc(C(C)C)c2N)ccc1Br. The van der Waals surface area contributed by atoms with E-state index in [0.717, 1.165) is 21.5 Å². The number of halogens is 1. The fraction of sp³-hybridized carbons (Fsp3) is 0.308. The minimum absolute atomic E-state index is 0.389. The minimum Gasteiger partial charge on any atom is -0.383 e. The predicted octanol–water partition coefficient (Wildman–Crippen LogP) is 3.65. The van der Waals surface area contributed by atoms with Gasteiger partial charge in [-0.2, -0.15) is 5.10 Å². The van der Waals surface area contributed by atoms with Crippen molar-refractivity contribution in [1.82, 2.24) is 9.78 Å². The standard InChI is InChI=1S/C13H16BrN3/c1-8(2)11-7-16-17(13(11)15)10-4-5-12(14)9(3)6-10/h4-8H,15H2,1-3H3. The summed E-state index contributed by atoms with van der Waals surface area (Å²) in [5.41, 5.74) is 9.37. The van der Waals surface area contributed by atoms with E-state index in [1.54, 1.807) is 4.68 Å². The van der Waals surface area contributed by atoms with Crippen LogP contribution in [0.2, 0.25) is 0 Å². The van der Waals surface area contributed by atoms with Gasteiger partial charge in [0, 0.05) is 10.0 Å². The Labute approximate surface area is 110 Å². The van der Waals surface area contributed by atoms with E-state index >= 15 is 0 Å². The summed E-state index contributed by atoms with van der Waals surface area (Å²) in [5, 5.41) is 4.35. The van der Waals surface area contributed by atoms with Crippen LogP contribution in [0.5, 0.6) is 0 Å². The molecule has 4 heteroatoms. The first-order valence-corrected chi connectivity index (χ1v) is 6.40. The Morgan fingerprint density at radius 3 is 2.59 bits per heavy atom. The molecule has 0 unspecified atom stereocenters. The van der Waals surface area contributed by atoms with E-state index < -0.39 is 0 Å². The zero-order chi connectivity index (χ0) is 12.6. The van der Waals surface area contributed by atoms with Crippen molar-refractivity contribution in [2.75, 3.05) is 5.73 Å². The Kier molecular flexibility index (Phi) is 3.24. The monoisotopic (exact) mass is 293 g/mol. The average molecular weight is 294 g/mol. The third kappa shape index (κ3) is 2.22. The Balaban J connectivity index is 2.50. The zero-order valence-corrected chi connectivity index (χ0v) is 11.8. The van der Waals surface area contributed by atoms with Gasteiger partial charge in [0.2, 0.25) is 0 Å². The quantitative estimate of drug-likeness (QED) is 0.918. The summed E-state index contributed by atoms with van der Waals surface area (Å²) in [7, 11) is 0. The molecule has 90 valence electrons. The molecule has 0 aliphatic rings. The maximum absolute atomic E-state index is 6.11. The molecule has 0 radical (unpaired) electrons. The second kappa shape index (κ2) is 4.53. The molecule has 1 aromatic carbocycles. The van der Waals surface area contributed by atoms with Crippen molar-refractivity contribution in [2.45, 2.75) is 26.7 Å². The smallest absolute Gasteiger partial charge is 0.130 e. The van der Waals surface area contributed by atoms with Crippen LogP contribution in [-0.2, 0) is 0 Å². The molecule has 17 heavy (non-hydrogen) atoms. The number of hydrogen-bond acceptors (Lipinski definition) is 2. The number of nitrogen functional groups attached to an aromatic ring is 1. The summed E-state index contributed by atoms with van der Waals surface area (Å²) in [4.78, 5) is 0. The summed E-state index contributed by atoms with van der Waals surface area (Å²) < 4.78 is 2.88. The molecular formula is C13H16BrN3. The van der Waals surface area contributed by atoms with Crippen LogP contribution in [0.1, 0.15) is 30.9 Å². The van der Waals surface area contributed by atoms with Crippen LogP contribution < -0.4 is 5.73 Å². The number of benzene rings is 1. The molecule has 2 N–H and O–H groups in total. The van der Waals surface area contributed by atoms with Gasteiger partial charge in [-0.25, -0.2) is 4.68 Å². The fourth-order valence-corrected chi connectivity index (χ4v) is 2.03.